The molecule has 0 saturated carbocycles. The maximum atomic E-state index is 5.66. The monoisotopic (exact) mass is 239 g/mol. The van der Waals surface area contributed by atoms with E-state index >= 15 is 0 Å². The fourth-order valence-electron chi connectivity index (χ4n) is 2.29. The van der Waals surface area contributed by atoms with E-state index in [-0.39, 0.29) is 0 Å². The van der Waals surface area contributed by atoms with E-state index in [1.165, 1.54) is 35.4 Å². The zero-order valence-electron chi connectivity index (χ0n) is 10.2. The van der Waals surface area contributed by atoms with E-state index in [1.54, 1.807) is 0 Å². The summed E-state index contributed by atoms with van der Waals surface area (Å²) in [6, 6.07) is 4.95. The Labute approximate surface area is 102 Å². The zero-order valence-corrected chi connectivity index (χ0v) is 11.0. The Balaban J connectivity index is 1.85. The van der Waals surface area contributed by atoms with Crippen molar-refractivity contribution in [1.82, 2.24) is 5.32 Å². The topological polar surface area (TPSA) is 21.3 Å². The molecule has 2 heterocycles. The van der Waals surface area contributed by atoms with Crippen LogP contribution in [0, 0.1) is 6.92 Å². The lowest BCUT2D eigenvalue weighted by molar-refractivity contribution is 0.0999. The fourth-order valence-corrected chi connectivity index (χ4v) is 3.32. The van der Waals surface area contributed by atoms with Crippen LogP contribution in [0.2, 0.25) is 0 Å². The van der Waals surface area contributed by atoms with Crippen LogP contribution in [0.5, 0.6) is 0 Å². The summed E-state index contributed by atoms with van der Waals surface area (Å²) in [5, 5.41) is 3.41. The van der Waals surface area contributed by atoms with Crippen molar-refractivity contribution in [3.05, 3.63) is 21.9 Å². The molecule has 90 valence electrons. The van der Waals surface area contributed by atoms with Crippen molar-refractivity contribution in [2.45, 2.75) is 44.8 Å². The van der Waals surface area contributed by atoms with E-state index in [0.717, 1.165) is 6.61 Å². The third kappa shape index (κ3) is 3.06. The molecule has 0 amide bonds. The highest BCUT2D eigenvalue weighted by Crippen LogP contribution is 2.28. The van der Waals surface area contributed by atoms with Gasteiger partial charge in [-0.2, -0.15) is 0 Å². The molecule has 1 N–H and O–H groups in total. The lowest BCUT2D eigenvalue weighted by Gasteiger charge is -2.16. The highest BCUT2D eigenvalue weighted by atomic mass is 32.1. The first-order valence-corrected chi connectivity index (χ1v) is 6.96. The third-order valence-electron chi connectivity index (χ3n) is 3.25. The number of nitrogens with one attached hydrogen (secondary N) is 1. The minimum atomic E-state index is 0.503. The van der Waals surface area contributed by atoms with E-state index in [4.69, 9.17) is 4.74 Å². The Morgan fingerprint density at radius 2 is 2.44 bits per heavy atom. The number of hydrogen-bond acceptors (Lipinski definition) is 3. The van der Waals surface area contributed by atoms with Gasteiger partial charge < -0.3 is 10.1 Å². The molecule has 2 atom stereocenters. The van der Waals surface area contributed by atoms with E-state index in [0.29, 0.717) is 12.1 Å². The fraction of sp³-hybridized carbons (Fsp3) is 0.692. The predicted molar refractivity (Wildman–Crippen MR) is 69.1 cm³/mol. The van der Waals surface area contributed by atoms with Crippen LogP contribution in [-0.4, -0.2) is 19.8 Å². The maximum Gasteiger partial charge on any atom is 0.0576 e. The Morgan fingerprint density at radius 3 is 3.00 bits per heavy atom. The van der Waals surface area contributed by atoms with E-state index in [2.05, 4.69) is 31.4 Å². The molecule has 2 unspecified atom stereocenters. The van der Waals surface area contributed by atoms with Crippen LogP contribution in [-0.2, 0) is 4.74 Å². The van der Waals surface area contributed by atoms with E-state index in [1.807, 2.05) is 11.3 Å². The normalized spacial score (nSPS) is 22.5. The summed E-state index contributed by atoms with van der Waals surface area (Å²) in [5.41, 5.74) is 0. The summed E-state index contributed by atoms with van der Waals surface area (Å²) in [5.74, 6) is 0. The van der Waals surface area contributed by atoms with Crippen LogP contribution in [0.25, 0.3) is 0 Å². The number of aryl methyl sites for hydroxylation is 1. The first kappa shape index (κ1) is 12.1. The number of thiophene rings is 1. The molecular formula is C13H21NOS. The highest BCUT2D eigenvalue weighted by Gasteiger charge is 2.18. The van der Waals surface area contributed by atoms with Gasteiger partial charge in [0.05, 0.1) is 6.10 Å². The Morgan fingerprint density at radius 1 is 1.56 bits per heavy atom. The molecule has 16 heavy (non-hydrogen) atoms. The lowest BCUT2D eigenvalue weighted by Crippen LogP contribution is -2.17. The summed E-state index contributed by atoms with van der Waals surface area (Å²) in [4.78, 5) is 2.85. The van der Waals surface area contributed by atoms with Gasteiger partial charge in [-0.1, -0.05) is 0 Å². The molecule has 0 aliphatic carbocycles. The van der Waals surface area contributed by atoms with Crippen LogP contribution in [0.3, 0.4) is 0 Å². The van der Waals surface area contributed by atoms with Gasteiger partial charge in [0.1, 0.15) is 0 Å². The van der Waals surface area contributed by atoms with Crippen LogP contribution >= 0.6 is 11.3 Å². The van der Waals surface area contributed by atoms with Gasteiger partial charge in [-0.3, -0.25) is 0 Å². The zero-order chi connectivity index (χ0) is 11.4. The van der Waals surface area contributed by atoms with Crippen molar-refractivity contribution in [1.29, 1.82) is 0 Å². The molecule has 0 bridgehead atoms. The van der Waals surface area contributed by atoms with E-state index in [9.17, 15) is 0 Å². The molecule has 1 aliphatic rings. The lowest BCUT2D eigenvalue weighted by atomic mass is 10.0. The molecule has 0 aromatic carbocycles. The van der Waals surface area contributed by atoms with Crippen molar-refractivity contribution >= 4 is 11.3 Å². The van der Waals surface area contributed by atoms with Gasteiger partial charge >= 0.3 is 0 Å². The maximum absolute atomic E-state index is 5.66. The second-order valence-corrected chi connectivity index (χ2v) is 5.82. The molecule has 2 nitrogen and oxygen atoms in total. The molecule has 2 rings (SSSR count). The van der Waals surface area contributed by atoms with Gasteiger partial charge in [0.2, 0.25) is 0 Å². The third-order valence-corrected chi connectivity index (χ3v) is 4.37. The number of rotatable bonds is 5. The number of hydrogen-bond donors (Lipinski definition) is 1. The van der Waals surface area contributed by atoms with Gasteiger partial charge in [0.15, 0.2) is 0 Å². The van der Waals surface area contributed by atoms with Crippen molar-refractivity contribution in [3.8, 4) is 0 Å². The summed E-state index contributed by atoms with van der Waals surface area (Å²) < 4.78 is 5.66. The minimum Gasteiger partial charge on any atom is -0.378 e. The molecule has 1 fully saturated rings. The summed E-state index contributed by atoms with van der Waals surface area (Å²) in [6.45, 7) is 3.13. The van der Waals surface area contributed by atoms with Crippen molar-refractivity contribution in [2.75, 3.05) is 13.7 Å². The largest absolute Gasteiger partial charge is 0.378 e. The first-order chi connectivity index (χ1) is 7.79. The summed E-state index contributed by atoms with van der Waals surface area (Å²) >= 11 is 1.90. The molecule has 1 aromatic rings. The summed E-state index contributed by atoms with van der Waals surface area (Å²) in [6.07, 6.45) is 5.37. The second-order valence-electron chi connectivity index (χ2n) is 4.50. The predicted octanol–water partition coefficient (Wildman–Crippen LogP) is 3.28. The molecule has 1 aliphatic heterocycles. The van der Waals surface area contributed by atoms with Gasteiger partial charge in [-0.15, -0.1) is 11.3 Å². The molecule has 3 heteroatoms. The quantitative estimate of drug-likeness (QED) is 0.851. The Kier molecular flexibility index (Phi) is 4.38. The Hall–Kier alpha value is -0.380. The molecular weight excluding hydrogens is 218 g/mol. The minimum absolute atomic E-state index is 0.503. The first-order valence-electron chi connectivity index (χ1n) is 6.15. The smallest absolute Gasteiger partial charge is 0.0576 e. The van der Waals surface area contributed by atoms with Crippen molar-refractivity contribution in [3.63, 3.8) is 0 Å². The van der Waals surface area contributed by atoms with Crippen molar-refractivity contribution in [2.24, 2.45) is 0 Å². The Bertz CT molecular complexity index is 317. The summed E-state index contributed by atoms with van der Waals surface area (Å²) in [7, 11) is 2.05. The average molecular weight is 239 g/mol. The molecule has 0 spiro atoms. The van der Waals surface area contributed by atoms with E-state index < -0.39 is 0 Å². The second kappa shape index (κ2) is 5.80. The highest BCUT2D eigenvalue weighted by molar-refractivity contribution is 7.12. The SMILES string of the molecule is CNC(CCC1CCCO1)c1ccc(C)s1. The van der Waals surface area contributed by atoms with Gasteiger partial charge in [-0.05, 0) is 51.8 Å². The van der Waals surface area contributed by atoms with Gasteiger partial charge in [-0.25, -0.2) is 0 Å². The van der Waals surface area contributed by atoms with Crippen LogP contribution < -0.4 is 5.32 Å². The van der Waals surface area contributed by atoms with Crippen LogP contribution in [0.1, 0.15) is 41.5 Å². The molecule has 0 radical (unpaired) electrons. The van der Waals surface area contributed by atoms with Crippen LogP contribution in [0.15, 0.2) is 12.1 Å². The average Bonchev–Trinajstić information content (AvgIpc) is 2.91. The standard InChI is InChI=1S/C13H21NOS/c1-10-5-8-13(16-10)12(14-2)7-6-11-4-3-9-15-11/h5,8,11-12,14H,3-4,6-7,9H2,1-2H3. The van der Waals surface area contributed by atoms with Gasteiger partial charge in [0.25, 0.3) is 0 Å². The molecule has 1 saturated heterocycles. The van der Waals surface area contributed by atoms with Gasteiger partial charge in [0, 0.05) is 22.4 Å². The number of ether oxygens (including phenoxy) is 1. The van der Waals surface area contributed by atoms with Crippen molar-refractivity contribution < 1.29 is 4.74 Å². The van der Waals surface area contributed by atoms with Crippen LogP contribution in [0.4, 0.5) is 0 Å². The molecule has 1 aromatic heterocycles.